The van der Waals surface area contributed by atoms with Gasteiger partial charge in [-0.3, -0.25) is 0 Å². The van der Waals surface area contributed by atoms with Crippen LogP contribution in [0.5, 0.6) is 0 Å². The Hall–Kier alpha value is -6.12. The van der Waals surface area contributed by atoms with Crippen LogP contribution in [0.3, 0.4) is 0 Å². The van der Waals surface area contributed by atoms with Crippen LogP contribution >= 0.6 is 0 Å². The first-order chi connectivity index (χ1) is 27.7. The quantitative estimate of drug-likeness (QED) is 0.165. The van der Waals surface area contributed by atoms with E-state index in [2.05, 4.69) is 179 Å². The molecule has 9 aromatic rings. The van der Waals surface area contributed by atoms with Gasteiger partial charge in [-0.2, -0.15) is 0 Å². The molecule has 2 heteroatoms. The number of hydrogen-bond donors (Lipinski definition) is 0. The molecule has 5 aliphatic rings. The van der Waals surface area contributed by atoms with Crippen molar-refractivity contribution in [2.45, 2.75) is 37.5 Å². The lowest BCUT2D eigenvalue weighted by Crippen LogP contribution is -2.55. The molecule has 4 saturated carbocycles. The van der Waals surface area contributed by atoms with Gasteiger partial charge in [-0.15, -0.1) is 0 Å². The molecular weight excluding hydrogens is 677 g/mol. The summed E-state index contributed by atoms with van der Waals surface area (Å²) in [6.07, 6.45) is 7.07. The molecule has 56 heavy (non-hydrogen) atoms. The Labute approximate surface area is 327 Å². The van der Waals surface area contributed by atoms with Gasteiger partial charge in [-0.05, 0) is 154 Å². The Kier molecular flexibility index (Phi) is 6.37. The zero-order valence-electron chi connectivity index (χ0n) is 31.4. The van der Waals surface area contributed by atoms with Gasteiger partial charge in [-0.1, -0.05) is 115 Å². The fraction of sp³-hybridized carbons (Fsp3) is 0.185. The third-order valence-electron chi connectivity index (χ3n) is 14.7. The zero-order chi connectivity index (χ0) is 36.5. The summed E-state index contributed by atoms with van der Waals surface area (Å²) in [5.74, 6) is 3.36. The van der Waals surface area contributed by atoms with Crippen LogP contribution in [0.4, 0.5) is 17.1 Å². The SMILES string of the molecule is c1ccc(-n2c3ccccc3c3ccc(N(c4ccc5c(c4)-c4ccccc4C54C5CC6CC(C5)CC4C6)c4ccc5c(ccc6ccccc65)c4)cc32)cc1. The second-order valence-corrected chi connectivity index (χ2v) is 17.4. The Bertz CT molecular complexity index is 3030. The third kappa shape index (κ3) is 4.17. The summed E-state index contributed by atoms with van der Waals surface area (Å²) in [4.78, 5) is 2.52. The van der Waals surface area contributed by atoms with Gasteiger partial charge >= 0.3 is 0 Å². The van der Waals surface area contributed by atoms with Gasteiger partial charge in [0.25, 0.3) is 0 Å². The summed E-state index contributed by atoms with van der Waals surface area (Å²) in [6.45, 7) is 0. The fourth-order valence-corrected chi connectivity index (χ4v) is 12.8. The molecule has 1 spiro atoms. The molecule has 4 bridgehead atoms. The lowest BCUT2D eigenvalue weighted by Gasteiger charge is -2.61. The molecular formula is C54H42N2. The molecule has 0 saturated heterocycles. The molecule has 0 N–H and O–H groups in total. The summed E-state index contributed by atoms with van der Waals surface area (Å²) in [7, 11) is 0. The first kappa shape index (κ1) is 31.1. The Morgan fingerprint density at radius 2 is 1.00 bits per heavy atom. The van der Waals surface area contributed by atoms with Crippen molar-refractivity contribution in [1.82, 2.24) is 4.57 Å². The second kappa shape index (κ2) is 11.5. The number of nitrogens with zero attached hydrogens (tertiary/aromatic N) is 2. The second-order valence-electron chi connectivity index (χ2n) is 17.4. The van der Waals surface area contributed by atoms with Crippen molar-refractivity contribution in [2.24, 2.45) is 23.7 Å². The molecule has 1 aromatic heterocycles. The van der Waals surface area contributed by atoms with E-state index in [9.17, 15) is 0 Å². The van der Waals surface area contributed by atoms with Gasteiger partial charge in [0.05, 0.1) is 11.0 Å². The minimum atomic E-state index is 0.155. The molecule has 0 radical (unpaired) electrons. The van der Waals surface area contributed by atoms with Crippen LogP contribution < -0.4 is 4.90 Å². The Morgan fingerprint density at radius 3 is 1.84 bits per heavy atom. The van der Waals surface area contributed by atoms with Crippen molar-refractivity contribution in [3.05, 3.63) is 181 Å². The van der Waals surface area contributed by atoms with E-state index in [1.54, 1.807) is 11.1 Å². The van der Waals surface area contributed by atoms with Crippen LogP contribution in [0.2, 0.25) is 0 Å². The average Bonchev–Trinajstić information content (AvgIpc) is 3.73. The monoisotopic (exact) mass is 718 g/mol. The maximum atomic E-state index is 2.56. The number of para-hydroxylation sites is 2. The van der Waals surface area contributed by atoms with Gasteiger partial charge in [0.1, 0.15) is 0 Å². The number of hydrogen-bond acceptors (Lipinski definition) is 1. The molecule has 0 unspecified atom stereocenters. The minimum absolute atomic E-state index is 0.155. The number of benzene rings is 8. The van der Waals surface area contributed by atoms with Crippen LogP contribution in [-0.2, 0) is 5.41 Å². The molecule has 4 fully saturated rings. The van der Waals surface area contributed by atoms with Crippen molar-refractivity contribution in [3.8, 4) is 16.8 Å². The number of rotatable bonds is 4. The van der Waals surface area contributed by atoms with Crippen molar-refractivity contribution in [2.75, 3.05) is 4.90 Å². The van der Waals surface area contributed by atoms with E-state index < -0.39 is 0 Å². The van der Waals surface area contributed by atoms with E-state index in [1.165, 1.54) is 104 Å². The molecule has 2 nitrogen and oxygen atoms in total. The number of fused-ring (bicyclic) bond motifs is 9. The van der Waals surface area contributed by atoms with Crippen LogP contribution in [0.15, 0.2) is 170 Å². The summed E-state index contributed by atoms with van der Waals surface area (Å²) >= 11 is 0. The average molecular weight is 719 g/mol. The van der Waals surface area contributed by atoms with Crippen molar-refractivity contribution >= 4 is 60.4 Å². The Balaban J connectivity index is 1.05. The lowest BCUT2D eigenvalue weighted by atomic mass is 9.43. The van der Waals surface area contributed by atoms with Gasteiger partial charge < -0.3 is 9.47 Å². The van der Waals surface area contributed by atoms with Gasteiger partial charge in [-0.25, -0.2) is 0 Å². The molecule has 0 aliphatic heterocycles. The summed E-state index contributed by atoms with van der Waals surface area (Å²) < 4.78 is 2.44. The smallest absolute Gasteiger partial charge is 0.0561 e. The molecule has 0 atom stereocenters. The molecule has 14 rings (SSSR count). The van der Waals surface area contributed by atoms with Crippen molar-refractivity contribution in [3.63, 3.8) is 0 Å². The maximum absolute atomic E-state index is 2.56. The van der Waals surface area contributed by atoms with E-state index in [1.807, 2.05) is 0 Å². The highest BCUT2D eigenvalue weighted by atomic mass is 15.1. The van der Waals surface area contributed by atoms with Crippen LogP contribution in [0.25, 0.3) is 60.2 Å². The van der Waals surface area contributed by atoms with E-state index in [0.29, 0.717) is 0 Å². The standard InChI is InChI=1S/C54H42N2/c1-2-11-40(12-3-1)56-52-17-9-7-15-47(52)48-24-21-43(33-53(48)56)55(41-20-23-45-37(31-41)19-18-36-10-4-5-13-44(36)45)42-22-25-51-49(32-42)46-14-6-8-16-50(46)54(51)38-27-34-26-35(29-38)30-39(54)28-34/h1-25,31-35,38-39H,26-30H2. The molecule has 5 aliphatic carbocycles. The Morgan fingerprint density at radius 1 is 0.411 bits per heavy atom. The van der Waals surface area contributed by atoms with Crippen LogP contribution in [0.1, 0.15) is 43.2 Å². The fourth-order valence-electron chi connectivity index (χ4n) is 12.8. The molecule has 0 amide bonds. The van der Waals surface area contributed by atoms with Crippen LogP contribution in [0, 0.1) is 23.7 Å². The van der Waals surface area contributed by atoms with E-state index >= 15 is 0 Å². The third-order valence-corrected chi connectivity index (χ3v) is 14.7. The maximum Gasteiger partial charge on any atom is 0.0561 e. The molecule has 1 heterocycles. The summed E-state index contributed by atoms with van der Waals surface area (Å²) in [5, 5.41) is 7.66. The highest BCUT2D eigenvalue weighted by Crippen LogP contribution is 2.69. The minimum Gasteiger partial charge on any atom is -0.310 e. The number of aromatic nitrogens is 1. The van der Waals surface area contributed by atoms with Gasteiger partial charge in [0.15, 0.2) is 0 Å². The summed E-state index contributed by atoms with van der Waals surface area (Å²) in [5.41, 5.74) is 13.4. The van der Waals surface area contributed by atoms with Crippen LogP contribution in [-0.4, -0.2) is 4.57 Å². The van der Waals surface area contributed by atoms with E-state index in [4.69, 9.17) is 0 Å². The largest absolute Gasteiger partial charge is 0.310 e. The highest BCUT2D eigenvalue weighted by molar-refractivity contribution is 6.11. The van der Waals surface area contributed by atoms with Gasteiger partial charge in [0.2, 0.25) is 0 Å². The van der Waals surface area contributed by atoms with E-state index in [0.717, 1.165) is 29.4 Å². The van der Waals surface area contributed by atoms with E-state index in [-0.39, 0.29) is 5.41 Å². The topological polar surface area (TPSA) is 8.17 Å². The normalized spacial score (nSPS) is 23.1. The first-order valence-corrected chi connectivity index (χ1v) is 20.8. The summed E-state index contributed by atoms with van der Waals surface area (Å²) in [6, 6.07) is 64.3. The van der Waals surface area contributed by atoms with Crippen molar-refractivity contribution < 1.29 is 0 Å². The lowest BCUT2D eigenvalue weighted by molar-refractivity contribution is -0.0399. The first-order valence-electron chi connectivity index (χ1n) is 20.8. The van der Waals surface area contributed by atoms with Crippen molar-refractivity contribution in [1.29, 1.82) is 0 Å². The predicted octanol–water partition coefficient (Wildman–Crippen LogP) is 14.3. The zero-order valence-corrected chi connectivity index (χ0v) is 31.4. The predicted molar refractivity (Wildman–Crippen MR) is 234 cm³/mol. The molecule has 8 aromatic carbocycles. The number of anilines is 3. The highest BCUT2D eigenvalue weighted by Gasteiger charge is 2.61. The van der Waals surface area contributed by atoms with Gasteiger partial charge in [0, 0.05) is 38.9 Å². The molecule has 268 valence electrons.